The van der Waals surface area contributed by atoms with Crippen LogP contribution in [0.1, 0.15) is 32.1 Å². The summed E-state index contributed by atoms with van der Waals surface area (Å²) in [7, 11) is 1.91. The summed E-state index contributed by atoms with van der Waals surface area (Å²) in [6.07, 6.45) is 6.66. The molecule has 0 heterocycles. The standard InChI is InChI=1S/C11H21NO/c1-12-7-11(13)6-10-5-8-2-3-9(10)4-8/h8-13H,2-7H2,1H3. The van der Waals surface area contributed by atoms with Crippen molar-refractivity contribution in [1.29, 1.82) is 0 Å². The minimum atomic E-state index is -0.116. The highest BCUT2D eigenvalue weighted by molar-refractivity contribution is 4.90. The van der Waals surface area contributed by atoms with Crippen LogP contribution in [0.25, 0.3) is 0 Å². The maximum absolute atomic E-state index is 9.68. The summed E-state index contributed by atoms with van der Waals surface area (Å²) in [6.45, 7) is 0.758. The molecular weight excluding hydrogens is 162 g/mol. The molecule has 0 amide bonds. The Morgan fingerprint density at radius 1 is 1.38 bits per heavy atom. The number of hydrogen-bond acceptors (Lipinski definition) is 2. The molecule has 2 rings (SSSR count). The van der Waals surface area contributed by atoms with Gasteiger partial charge in [-0.3, -0.25) is 0 Å². The molecule has 2 saturated carbocycles. The highest BCUT2D eigenvalue weighted by Crippen LogP contribution is 2.49. The highest BCUT2D eigenvalue weighted by atomic mass is 16.3. The molecule has 0 spiro atoms. The number of fused-ring (bicyclic) bond motifs is 2. The maximum Gasteiger partial charge on any atom is 0.0667 e. The molecule has 0 aromatic rings. The van der Waals surface area contributed by atoms with Crippen molar-refractivity contribution in [2.24, 2.45) is 17.8 Å². The lowest BCUT2D eigenvalue weighted by Gasteiger charge is -2.23. The lowest BCUT2D eigenvalue weighted by Crippen LogP contribution is -2.27. The normalized spacial score (nSPS) is 39.7. The summed E-state index contributed by atoms with van der Waals surface area (Å²) in [5.74, 6) is 2.80. The Labute approximate surface area is 80.7 Å². The molecule has 4 atom stereocenters. The topological polar surface area (TPSA) is 32.3 Å². The molecule has 2 bridgehead atoms. The molecule has 0 aromatic heterocycles. The van der Waals surface area contributed by atoms with Gasteiger partial charge in [-0.1, -0.05) is 6.42 Å². The fourth-order valence-corrected chi connectivity index (χ4v) is 3.33. The fourth-order valence-electron chi connectivity index (χ4n) is 3.33. The average molecular weight is 183 g/mol. The molecule has 2 fully saturated rings. The van der Waals surface area contributed by atoms with Crippen molar-refractivity contribution < 1.29 is 5.11 Å². The van der Waals surface area contributed by atoms with Gasteiger partial charge in [0, 0.05) is 6.54 Å². The van der Waals surface area contributed by atoms with Crippen molar-refractivity contribution in [3.63, 3.8) is 0 Å². The van der Waals surface area contributed by atoms with E-state index < -0.39 is 0 Å². The van der Waals surface area contributed by atoms with Crippen molar-refractivity contribution in [1.82, 2.24) is 5.32 Å². The van der Waals surface area contributed by atoms with E-state index in [9.17, 15) is 5.11 Å². The number of likely N-dealkylation sites (N-methyl/N-ethyl adjacent to an activating group) is 1. The minimum Gasteiger partial charge on any atom is -0.392 e. The van der Waals surface area contributed by atoms with E-state index in [0.29, 0.717) is 0 Å². The first-order chi connectivity index (χ1) is 6.29. The molecule has 0 radical (unpaired) electrons. The zero-order valence-corrected chi connectivity index (χ0v) is 8.50. The van der Waals surface area contributed by atoms with Gasteiger partial charge in [-0.25, -0.2) is 0 Å². The smallest absolute Gasteiger partial charge is 0.0667 e. The van der Waals surface area contributed by atoms with Gasteiger partial charge < -0.3 is 10.4 Å². The van der Waals surface area contributed by atoms with E-state index in [-0.39, 0.29) is 6.10 Å². The quantitative estimate of drug-likeness (QED) is 0.690. The van der Waals surface area contributed by atoms with Crippen LogP contribution >= 0.6 is 0 Å². The maximum atomic E-state index is 9.68. The molecule has 2 aliphatic rings. The molecular formula is C11H21NO. The SMILES string of the molecule is CNCC(O)CC1CC2CCC1C2. The molecule has 13 heavy (non-hydrogen) atoms. The molecule has 0 aromatic carbocycles. The Balaban J connectivity index is 1.76. The van der Waals surface area contributed by atoms with Crippen LogP contribution < -0.4 is 5.32 Å². The van der Waals surface area contributed by atoms with Gasteiger partial charge in [0.2, 0.25) is 0 Å². The zero-order valence-electron chi connectivity index (χ0n) is 8.50. The summed E-state index contributed by atoms with van der Waals surface area (Å²) >= 11 is 0. The summed E-state index contributed by atoms with van der Waals surface area (Å²) in [4.78, 5) is 0. The first-order valence-corrected chi connectivity index (χ1v) is 5.62. The Kier molecular flexibility index (Phi) is 2.89. The van der Waals surface area contributed by atoms with E-state index in [1.165, 1.54) is 25.7 Å². The average Bonchev–Trinajstić information content (AvgIpc) is 2.65. The van der Waals surface area contributed by atoms with Gasteiger partial charge in [-0.2, -0.15) is 0 Å². The third-order valence-corrected chi connectivity index (χ3v) is 3.90. The third-order valence-electron chi connectivity index (χ3n) is 3.90. The summed E-state index contributed by atoms with van der Waals surface area (Å²) in [6, 6.07) is 0. The summed E-state index contributed by atoms with van der Waals surface area (Å²) in [5.41, 5.74) is 0. The van der Waals surface area contributed by atoms with Gasteiger partial charge in [-0.05, 0) is 50.5 Å². The van der Waals surface area contributed by atoms with Crippen LogP contribution in [-0.2, 0) is 0 Å². The monoisotopic (exact) mass is 183 g/mol. The predicted octanol–water partition coefficient (Wildman–Crippen LogP) is 1.39. The second kappa shape index (κ2) is 3.97. The Bertz CT molecular complexity index is 171. The van der Waals surface area contributed by atoms with Crippen LogP contribution in [0.15, 0.2) is 0 Å². The Morgan fingerprint density at radius 2 is 2.23 bits per heavy atom. The number of aliphatic hydroxyl groups excluding tert-OH is 1. The van der Waals surface area contributed by atoms with Crippen LogP contribution in [0.3, 0.4) is 0 Å². The largest absolute Gasteiger partial charge is 0.392 e. The van der Waals surface area contributed by atoms with Crippen molar-refractivity contribution >= 4 is 0 Å². The van der Waals surface area contributed by atoms with Crippen molar-refractivity contribution in [2.45, 2.75) is 38.2 Å². The Hall–Kier alpha value is -0.0800. The first-order valence-electron chi connectivity index (χ1n) is 5.62. The van der Waals surface area contributed by atoms with Crippen LogP contribution in [-0.4, -0.2) is 24.8 Å². The van der Waals surface area contributed by atoms with Gasteiger partial charge in [0.25, 0.3) is 0 Å². The van der Waals surface area contributed by atoms with E-state index in [4.69, 9.17) is 0 Å². The number of nitrogens with one attached hydrogen (secondary N) is 1. The Morgan fingerprint density at radius 3 is 2.77 bits per heavy atom. The number of aliphatic hydroxyl groups is 1. The molecule has 0 aliphatic heterocycles. The number of rotatable bonds is 4. The second-order valence-electron chi connectivity index (χ2n) is 4.88. The van der Waals surface area contributed by atoms with Gasteiger partial charge in [0.15, 0.2) is 0 Å². The highest BCUT2D eigenvalue weighted by Gasteiger charge is 2.39. The third kappa shape index (κ3) is 2.05. The van der Waals surface area contributed by atoms with Crippen molar-refractivity contribution in [2.75, 3.05) is 13.6 Å². The zero-order chi connectivity index (χ0) is 9.26. The lowest BCUT2D eigenvalue weighted by molar-refractivity contribution is 0.125. The summed E-state index contributed by atoms with van der Waals surface area (Å²) < 4.78 is 0. The van der Waals surface area contributed by atoms with E-state index >= 15 is 0 Å². The second-order valence-corrected chi connectivity index (χ2v) is 4.88. The molecule has 76 valence electrons. The van der Waals surface area contributed by atoms with Crippen molar-refractivity contribution in [3.05, 3.63) is 0 Å². The molecule has 4 unspecified atom stereocenters. The molecule has 2 heteroatoms. The molecule has 2 nitrogen and oxygen atoms in total. The molecule has 2 aliphatic carbocycles. The first kappa shape index (κ1) is 9.47. The van der Waals surface area contributed by atoms with Crippen LogP contribution in [0.5, 0.6) is 0 Å². The van der Waals surface area contributed by atoms with E-state index in [0.717, 1.165) is 30.7 Å². The van der Waals surface area contributed by atoms with E-state index in [1.807, 2.05) is 7.05 Å². The van der Waals surface area contributed by atoms with Gasteiger partial charge in [-0.15, -0.1) is 0 Å². The fraction of sp³-hybridized carbons (Fsp3) is 1.00. The van der Waals surface area contributed by atoms with Crippen LogP contribution in [0, 0.1) is 17.8 Å². The minimum absolute atomic E-state index is 0.116. The molecule has 2 N–H and O–H groups in total. The van der Waals surface area contributed by atoms with Crippen molar-refractivity contribution in [3.8, 4) is 0 Å². The van der Waals surface area contributed by atoms with Gasteiger partial charge >= 0.3 is 0 Å². The van der Waals surface area contributed by atoms with Gasteiger partial charge in [0.05, 0.1) is 6.10 Å². The summed E-state index contributed by atoms with van der Waals surface area (Å²) in [5, 5.41) is 12.7. The van der Waals surface area contributed by atoms with Gasteiger partial charge in [0.1, 0.15) is 0 Å². The number of hydrogen-bond donors (Lipinski definition) is 2. The van der Waals surface area contributed by atoms with Crippen LogP contribution in [0.2, 0.25) is 0 Å². The predicted molar refractivity (Wildman–Crippen MR) is 53.5 cm³/mol. The molecule has 0 saturated heterocycles. The van der Waals surface area contributed by atoms with E-state index in [2.05, 4.69) is 5.32 Å². The van der Waals surface area contributed by atoms with Crippen LogP contribution in [0.4, 0.5) is 0 Å². The van der Waals surface area contributed by atoms with E-state index in [1.54, 1.807) is 0 Å². The lowest BCUT2D eigenvalue weighted by atomic mass is 9.85.